The quantitative estimate of drug-likeness (QED) is 0.861. The van der Waals surface area contributed by atoms with E-state index in [1.54, 1.807) is 4.90 Å². The average molecular weight is 281 g/mol. The summed E-state index contributed by atoms with van der Waals surface area (Å²) >= 11 is 0. The first-order chi connectivity index (χ1) is 9.42. The third-order valence-electron chi connectivity index (χ3n) is 5.07. The molecule has 20 heavy (non-hydrogen) atoms. The topological polar surface area (TPSA) is 57.6 Å². The summed E-state index contributed by atoms with van der Waals surface area (Å²) in [6.45, 7) is 4.52. The van der Waals surface area contributed by atoms with Gasteiger partial charge in [0.15, 0.2) is 0 Å². The van der Waals surface area contributed by atoms with Crippen LogP contribution in [-0.2, 0) is 9.59 Å². The van der Waals surface area contributed by atoms with E-state index in [2.05, 4.69) is 0 Å². The molecule has 0 spiro atoms. The molecule has 1 N–H and O–H groups in total. The lowest BCUT2D eigenvalue weighted by Gasteiger charge is -2.44. The van der Waals surface area contributed by atoms with Crippen LogP contribution in [0.15, 0.2) is 0 Å². The molecule has 0 radical (unpaired) electrons. The van der Waals surface area contributed by atoms with Gasteiger partial charge >= 0.3 is 5.97 Å². The number of hydrogen-bond acceptors (Lipinski definition) is 2. The van der Waals surface area contributed by atoms with Crippen LogP contribution in [0.5, 0.6) is 0 Å². The van der Waals surface area contributed by atoms with Crippen LogP contribution in [0.3, 0.4) is 0 Å². The molecular weight excluding hydrogens is 254 g/mol. The van der Waals surface area contributed by atoms with Crippen LogP contribution in [0.25, 0.3) is 0 Å². The van der Waals surface area contributed by atoms with E-state index < -0.39 is 12.0 Å². The molecule has 1 saturated carbocycles. The van der Waals surface area contributed by atoms with Gasteiger partial charge in [0, 0.05) is 13.0 Å². The van der Waals surface area contributed by atoms with Gasteiger partial charge in [0.05, 0.1) is 0 Å². The Labute approximate surface area is 121 Å². The van der Waals surface area contributed by atoms with Crippen LogP contribution in [0, 0.1) is 11.3 Å². The van der Waals surface area contributed by atoms with Crippen molar-refractivity contribution in [1.82, 2.24) is 4.90 Å². The summed E-state index contributed by atoms with van der Waals surface area (Å²) in [6.07, 6.45) is 8.28. The average Bonchev–Trinajstić information content (AvgIpc) is 2.86. The van der Waals surface area contributed by atoms with Crippen molar-refractivity contribution < 1.29 is 14.7 Å². The molecule has 1 aliphatic heterocycles. The molecule has 2 aliphatic rings. The Morgan fingerprint density at radius 3 is 2.45 bits per heavy atom. The Kier molecular flexibility index (Phi) is 4.71. The number of nitrogens with zero attached hydrogens (tertiary/aromatic N) is 1. The van der Waals surface area contributed by atoms with Gasteiger partial charge in [-0.2, -0.15) is 0 Å². The Bertz CT molecular complexity index is 372. The van der Waals surface area contributed by atoms with Gasteiger partial charge in [-0.15, -0.1) is 0 Å². The van der Waals surface area contributed by atoms with Crippen molar-refractivity contribution in [2.24, 2.45) is 11.3 Å². The molecule has 0 bridgehead atoms. The maximum atomic E-state index is 12.4. The summed E-state index contributed by atoms with van der Waals surface area (Å²) in [4.78, 5) is 25.6. The van der Waals surface area contributed by atoms with Gasteiger partial charge in [-0.3, -0.25) is 4.79 Å². The zero-order valence-corrected chi connectivity index (χ0v) is 12.7. The maximum absolute atomic E-state index is 12.4. The van der Waals surface area contributed by atoms with Crippen molar-refractivity contribution in [2.75, 3.05) is 6.54 Å². The van der Waals surface area contributed by atoms with Crippen molar-refractivity contribution in [1.29, 1.82) is 0 Å². The summed E-state index contributed by atoms with van der Waals surface area (Å²) < 4.78 is 0. The highest BCUT2D eigenvalue weighted by Crippen LogP contribution is 2.36. The predicted octanol–water partition coefficient (Wildman–Crippen LogP) is 3.06. The highest BCUT2D eigenvalue weighted by atomic mass is 16.4. The van der Waals surface area contributed by atoms with Gasteiger partial charge in [0.25, 0.3) is 0 Å². The number of amides is 1. The predicted molar refractivity (Wildman–Crippen MR) is 77.3 cm³/mol. The lowest BCUT2D eigenvalue weighted by atomic mass is 9.76. The van der Waals surface area contributed by atoms with Gasteiger partial charge in [-0.05, 0) is 30.6 Å². The number of likely N-dealkylation sites (tertiary alicyclic amines) is 1. The first kappa shape index (κ1) is 15.3. The van der Waals surface area contributed by atoms with E-state index in [0.717, 1.165) is 19.3 Å². The van der Waals surface area contributed by atoms with Crippen molar-refractivity contribution in [3.63, 3.8) is 0 Å². The van der Waals surface area contributed by atoms with E-state index >= 15 is 0 Å². The monoisotopic (exact) mass is 281 g/mol. The third-order valence-corrected chi connectivity index (χ3v) is 5.07. The summed E-state index contributed by atoms with van der Waals surface area (Å²) in [7, 11) is 0. The Morgan fingerprint density at radius 1 is 1.20 bits per heavy atom. The number of carboxylic acid groups (broad SMARTS) is 1. The Balaban J connectivity index is 1.97. The van der Waals surface area contributed by atoms with E-state index in [1.807, 2.05) is 13.8 Å². The van der Waals surface area contributed by atoms with E-state index in [0.29, 0.717) is 18.9 Å². The van der Waals surface area contributed by atoms with Gasteiger partial charge < -0.3 is 10.0 Å². The summed E-state index contributed by atoms with van der Waals surface area (Å²) in [5.41, 5.74) is -0.326. The van der Waals surface area contributed by atoms with Crippen LogP contribution >= 0.6 is 0 Å². The van der Waals surface area contributed by atoms with Crippen molar-refractivity contribution in [2.45, 2.75) is 71.3 Å². The largest absolute Gasteiger partial charge is 0.480 e. The third kappa shape index (κ3) is 3.33. The number of carbonyl (C=O) groups excluding carboxylic acids is 1. The van der Waals surface area contributed by atoms with E-state index in [1.165, 1.54) is 25.7 Å². The van der Waals surface area contributed by atoms with Crippen LogP contribution in [0.1, 0.15) is 65.2 Å². The lowest BCUT2D eigenvalue weighted by Crippen LogP contribution is -2.56. The number of carbonyl (C=O) groups is 2. The summed E-state index contributed by atoms with van der Waals surface area (Å²) in [6, 6.07) is -0.660. The zero-order valence-electron chi connectivity index (χ0n) is 12.7. The first-order valence-electron chi connectivity index (χ1n) is 7.94. The standard InChI is InChI=1S/C16H27NO3/c1-16(2)10-5-11-17(14(16)15(19)20)13(18)9-8-12-6-3-4-7-12/h12,14H,3-11H2,1-2H3,(H,19,20). The molecule has 1 heterocycles. The molecule has 1 aliphatic carbocycles. The minimum Gasteiger partial charge on any atom is -0.480 e. The Morgan fingerprint density at radius 2 is 1.85 bits per heavy atom. The van der Waals surface area contributed by atoms with Crippen molar-refractivity contribution in [3.8, 4) is 0 Å². The summed E-state index contributed by atoms with van der Waals surface area (Å²) in [5.74, 6) is -0.138. The zero-order chi connectivity index (χ0) is 14.8. The van der Waals surface area contributed by atoms with Crippen molar-refractivity contribution in [3.05, 3.63) is 0 Å². The molecule has 2 fully saturated rings. The fraction of sp³-hybridized carbons (Fsp3) is 0.875. The lowest BCUT2D eigenvalue weighted by molar-refractivity contribution is -0.159. The smallest absolute Gasteiger partial charge is 0.326 e. The van der Waals surface area contributed by atoms with Gasteiger partial charge in [-0.25, -0.2) is 4.79 Å². The second-order valence-electron chi connectivity index (χ2n) is 7.11. The highest BCUT2D eigenvalue weighted by Gasteiger charge is 2.44. The fourth-order valence-electron chi connectivity index (χ4n) is 3.90. The Hall–Kier alpha value is -1.06. The minimum atomic E-state index is -0.857. The highest BCUT2D eigenvalue weighted by molar-refractivity contribution is 5.84. The maximum Gasteiger partial charge on any atom is 0.326 e. The molecule has 0 aromatic heterocycles. The normalized spacial score (nSPS) is 26.7. The molecule has 1 saturated heterocycles. The molecule has 0 aromatic carbocycles. The molecule has 4 nitrogen and oxygen atoms in total. The van der Waals surface area contributed by atoms with E-state index in [4.69, 9.17) is 0 Å². The van der Waals surface area contributed by atoms with Gasteiger partial charge in [0.2, 0.25) is 5.91 Å². The summed E-state index contributed by atoms with van der Waals surface area (Å²) in [5, 5.41) is 9.48. The number of aliphatic carboxylic acids is 1. The molecule has 1 amide bonds. The molecule has 4 heteroatoms. The number of rotatable bonds is 4. The molecular formula is C16H27NO3. The second-order valence-corrected chi connectivity index (χ2v) is 7.11. The van der Waals surface area contributed by atoms with Crippen molar-refractivity contribution >= 4 is 11.9 Å². The molecule has 1 unspecified atom stereocenters. The van der Waals surface area contributed by atoms with E-state index in [-0.39, 0.29) is 11.3 Å². The van der Waals surface area contributed by atoms with E-state index in [9.17, 15) is 14.7 Å². The van der Waals surface area contributed by atoms with Crippen LogP contribution < -0.4 is 0 Å². The molecule has 114 valence electrons. The number of hydrogen-bond donors (Lipinski definition) is 1. The molecule has 1 atom stereocenters. The van der Waals surface area contributed by atoms with Gasteiger partial charge in [0.1, 0.15) is 6.04 Å². The van der Waals surface area contributed by atoms with Crippen LogP contribution in [0.4, 0.5) is 0 Å². The second kappa shape index (κ2) is 6.15. The number of carboxylic acids is 1. The first-order valence-corrected chi connectivity index (χ1v) is 7.94. The molecule has 0 aromatic rings. The van der Waals surface area contributed by atoms with Gasteiger partial charge in [-0.1, -0.05) is 39.5 Å². The number of piperidine rings is 1. The van der Waals surface area contributed by atoms with Crippen LogP contribution in [0.2, 0.25) is 0 Å². The SMILES string of the molecule is CC1(C)CCCN(C(=O)CCC2CCCC2)C1C(=O)O. The van der Waals surface area contributed by atoms with Crippen LogP contribution in [-0.4, -0.2) is 34.5 Å². The minimum absolute atomic E-state index is 0.0390. The fourth-order valence-corrected chi connectivity index (χ4v) is 3.90. The molecule has 2 rings (SSSR count).